The summed E-state index contributed by atoms with van der Waals surface area (Å²) in [6.45, 7) is 10.9. The summed E-state index contributed by atoms with van der Waals surface area (Å²) in [4.78, 5) is 25.8. The van der Waals surface area contributed by atoms with E-state index >= 15 is 0 Å². The molecule has 2 heterocycles. The highest BCUT2D eigenvalue weighted by atomic mass is 35.5. The Bertz CT molecular complexity index is 812. The lowest BCUT2D eigenvalue weighted by Crippen LogP contribution is -2.50. The Morgan fingerprint density at radius 3 is 2.30 bits per heavy atom. The molecule has 0 N–H and O–H groups in total. The molecule has 1 amide bonds. The molecule has 6 heteroatoms. The van der Waals surface area contributed by atoms with Crippen molar-refractivity contribution in [3.05, 3.63) is 51.9 Å². The van der Waals surface area contributed by atoms with E-state index in [2.05, 4.69) is 9.88 Å². The minimum atomic E-state index is 0.0422. The normalized spacial score (nSPS) is 14.7. The van der Waals surface area contributed by atoms with Crippen molar-refractivity contribution in [2.45, 2.75) is 34.1 Å². The van der Waals surface area contributed by atoms with Crippen LogP contribution >= 0.6 is 11.6 Å². The summed E-state index contributed by atoms with van der Waals surface area (Å²) in [7, 11) is 0. The second kappa shape index (κ2) is 8.26. The second-order valence-corrected chi connectivity index (χ2v) is 7.87. The van der Waals surface area contributed by atoms with E-state index in [9.17, 15) is 4.79 Å². The molecule has 1 saturated heterocycles. The Hall–Kier alpha value is -2.14. The second-order valence-electron chi connectivity index (χ2n) is 7.43. The monoisotopic (exact) mass is 386 g/mol. The number of hydrogen-bond donors (Lipinski definition) is 0. The molecule has 27 heavy (non-hydrogen) atoms. The lowest BCUT2D eigenvalue weighted by Gasteiger charge is -2.37. The number of hydrogen-bond acceptors (Lipinski definition) is 4. The highest BCUT2D eigenvalue weighted by Crippen LogP contribution is 2.26. The standard InChI is InChI=1S/C21H27ClN4O/c1-14(2)21(27)26-11-9-25(10-12-26)20-19(15(3)23-16(4)24-20)13-17-5-7-18(22)8-6-17/h5-8,14H,9-13H2,1-4H3. The number of aryl methyl sites for hydroxylation is 2. The minimum absolute atomic E-state index is 0.0422. The molecule has 0 radical (unpaired) electrons. The average molecular weight is 387 g/mol. The number of anilines is 1. The number of halogens is 1. The zero-order valence-corrected chi connectivity index (χ0v) is 17.3. The Morgan fingerprint density at radius 2 is 1.70 bits per heavy atom. The third-order valence-electron chi connectivity index (χ3n) is 4.98. The predicted molar refractivity (Wildman–Crippen MR) is 109 cm³/mol. The van der Waals surface area contributed by atoms with Crippen molar-refractivity contribution in [2.24, 2.45) is 5.92 Å². The van der Waals surface area contributed by atoms with E-state index < -0.39 is 0 Å². The summed E-state index contributed by atoms with van der Waals surface area (Å²) < 4.78 is 0. The van der Waals surface area contributed by atoms with Crippen LogP contribution < -0.4 is 4.90 Å². The summed E-state index contributed by atoms with van der Waals surface area (Å²) in [5, 5.41) is 0.738. The van der Waals surface area contributed by atoms with Crippen molar-refractivity contribution in [1.82, 2.24) is 14.9 Å². The van der Waals surface area contributed by atoms with Gasteiger partial charge in [0.15, 0.2) is 0 Å². The van der Waals surface area contributed by atoms with Gasteiger partial charge in [0.25, 0.3) is 0 Å². The first-order valence-corrected chi connectivity index (χ1v) is 9.85. The molecule has 1 fully saturated rings. The summed E-state index contributed by atoms with van der Waals surface area (Å²) in [6, 6.07) is 7.92. The maximum atomic E-state index is 12.3. The number of aromatic nitrogens is 2. The van der Waals surface area contributed by atoms with Crippen LogP contribution in [0.3, 0.4) is 0 Å². The number of piperazine rings is 1. The SMILES string of the molecule is Cc1nc(C)c(Cc2ccc(Cl)cc2)c(N2CCN(C(=O)C(C)C)CC2)n1. The van der Waals surface area contributed by atoms with Crippen LogP contribution in [0.1, 0.15) is 36.5 Å². The molecule has 1 aliphatic heterocycles. The van der Waals surface area contributed by atoms with Gasteiger partial charge in [0, 0.05) is 54.8 Å². The lowest BCUT2D eigenvalue weighted by molar-refractivity contribution is -0.134. The van der Waals surface area contributed by atoms with Gasteiger partial charge in [-0.15, -0.1) is 0 Å². The maximum Gasteiger partial charge on any atom is 0.225 e. The van der Waals surface area contributed by atoms with Gasteiger partial charge in [0.05, 0.1) is 0 Å². The van der Waals surface area contributed by atoms with E-state index in [1.54, 1.807) is 0 Å². The lowest BCUT2D eigenvalue weighted by atomic mass is 10.0. The van der Waals surface area contributed by atoms with Gasteiger partial charge < -0.3 is 9.80 Å². The molecule has 5 nitrogen and oxygen atoms in total. The zero-order valence-electron chi connectivity index (χ0n) is 16.5. The number of amides is 1. The van der Waals surface area contributed by atoms with E-state index in [0.29, 0.717) is 0 Å². The topological polar surface area (TPSA) is 49.3 Å². The maximum absolute atomic E-state index is 12.3. The van der Waals surface area contributed by atoms with Gasteiger partial charge in [0.2, 0.25) is 5.91 Å². The first-order valence-electron chi connectivity index (χ1n) is 9.47. The molecular weight excluding hydrogens is 360 g/mol. The summed E-state index contributed by atoms with van der Waals surface area (Å²) in [6.07, 6.45) is 0.768. The van der Waals surface area contributed by atoms with Crippen LogP contribution in [-0.2, 0) is 11.2 Å². The van der Waals surface area contributed by atoms with E-state index in [1.165, 1.54) is 5.56 Å². The van der Waals surface area contributed by atoms with E-state index in [-0.39, 0.29) is 11.8 Å². The molecule has 0 bridgehead atoms. The third kappa shape index (κ3) is 4.59. The fourth-order valence-electron chi connectivity index (χ4n) is 3.50. The average Bonchev–Trinajstić information content (AvgIpc) is 2.64. The molecule has 0 saturated carbocycles. The highest BCUT2D eigenvalue weighted by Gasteiger charge is 2.25. The van der Waals surface area contributed by atoms with Gasteiger partial charge >= 0.3 is 0 Å². The van der Waals surface area contributed by atoms with Crippen molar-refractivity contribution in [3.63, 3.8) is 0 Å². The third-order valence-corrected chi connectivity index (χ3v) is 5.23. The Kier molecular flexibility index (Phi) is 6.00. The van der Waals surface area contributed by atoms with Gasteiger partial charge in [-0.3, -0.25) is 4.79 Å². The largest absolute Gasteiger partial charge is 0.353 e. The van der Waals surface area contributed by atoms with E-state index in [0.717, 1.165) is 60.5 Å². The van der Waals surface area contributed by atoms with Crippen LogP contribution in [0.25, 0.3) is 0 Å². The van der Waals surface area contributed by atoms with Gasteiger partial charge in [-0.05, 0) is 31.5 Å². The molecule has 3 rings (SSSR count). The molecule has 0 unspecified atom stereocenters. The minimum Gasteiger partial charge on any atom is -0.353 e. The van der Waals surface area contributed by atoms with Crippen molar-refractivity contribution in [2.75, 3.05) is 31.1 Å². The van der Waals surface area contributed by atoms with Crippen LogP contribution in [0.2, 0.25) is 5.02 Å². The number of rotatable bonds is 4. The first-order chi connectivity index (χ1) is 12.8. The van der Waals surface area contributed by atoms with Crippen molar-refractivity contribution in [3.8, 4) is 0 Å². The Balaban J connectivity index is 1.83. The summed E-state index contributed by atoms with van der Waals surface area (Å²) in [5.74, 6) is 2.04. The van der Waals surface area contributed by atoms with Crippen LogP contribution in [0, 0.1) is 19.8 Å². The van der Waals surface area contributed by atoms with Crippen LogP contribution in [-0.4, -0.2) is 47.0 Å². The Labute approximate surface area is 166 Å². The fraction of sp³-hybridized carbons (Fsp3) is 0.476. The Morgan fingerprint density at radius 1 is 1.07 bits per heavy atom. The fourth-order valence-corrected chi connectivity index (χ4v) is 3.62. The predicted octanol–water partition coefficient (Wildman–Crippen LogP) is 3.64. The summed E-state index contributed by atoms with van der Waals surface area (Å²) in [5.41, 5.74) is 3.34. The van der Waals surface area contributed by atoms with Crippen molar-refractivity contribution < 1.29 is 4.79 Å². The van der Waals surface area contributed by atoms with Crippen molar-refractivity contribution in [1.29, 1.82) is 0 Å². The molecule has 0 atom stereocenters. The molecule has 144 valence electrons. The smallest absolute Gasteiger partial charge is 0.225 e. The van der Waals surface area contributed by atoms with Crippen LogP contribution in [0.15, 0.2) is 24.3 Å². The molecule has 2 aromatic rings. The van der Waals surface area contributed by atoms with E-state index in [4.69, 9.17) is 16.6 Å². The summed E-state index contributed by atoms with van der Waals surface area (Å²) >= 11 is 6.02. The van der Waals surface area contributed by atoms with Gasteiger partial charge in [-0.2, -0.15) is 0 Å². The number of carbonyl (C=O) groups is 1. The number of benzene rings is 1. The molecule has 1 aromatic carbocycles. The number of nitrogens with zero attached hydrogens (tertiary/aromatic N) is 4. The molecular formula is C21H27ClN4O. The number of carbonyl (C=O) groups excluding carboxylic acids is 1. The van der Waals surface area contributed by atoms with Crippen molar-refractivity contribution >= 4 is 23.3 Å². The highest BCUT2D eigenvalue weighted by molar-refractivity contribution is 6.30. The van der Waals surface area contributed by atoms with E-state index in [1.807, 2.05) is 56.9 Å². The van der Waals surface area contributed by atoms with Gasteiger partial charge in [-0.1, -0.05) is 37.6 Å². The van der Waals surface area contributed by atoms with Gasteiger partial charge in [-0.25, -0.2) is 9.97 Å². The zero-order chi connectivity index (χ0) is 19.6. The molecule has 1 aliphatic rings. The molecule has 0 spiro atoms. The molecule has 1 aromatic heterocycles. The first kappa shape index (κ1) is 19.6. The molecule has 0 aliphatic carbocycles. The van der Waals surface area contributed by atoms with Gasteiger partial charge in [0.1, 0.15) is 11.6 Å². The quantitative estimate of drug-likeness (QED) is 0.804. The van der Waals surface area contributed by atoms with Crippen LogP contribution in [0.5, 0.6) is 0 Å². The van der Waals surface area contributed by atoms with Crippen LogP contribution in [0.4, 0.5) is 5.82 Å².